The van der Waals surface area contributed by atoms with Crippen LogP contribution in [-0.4, -0.2) is 13.2 Å². The maximum Gasteiger partial charge on any atom is 0.123 e. The Morgan fingerprint density at radius 2 is 1.89 bits per heavy atom. The standard InChI is InChI=1S/C15H15Br2NO/c1-11-6-7-12(16)10-15(11)19-9-8-18-14-5-3-2-4-13(14)17/h2-7,10,18H,8-9H2,1H3. The molecule has 4 heteroatoms. The predicted molar refractivity (Wildman–Crippen MR) is 87.0 cm³/mol. The van der Waals surface area contributed by atoms with Gasteiger partial charge in [0.25, 0.3) is 0 Å². The number of anilines is 1. The summed E-state index contributed by atoms with van der Waals surface area (Å²) in [6.07, 6.45) is 0. The molecule has 0 aromatic heterocycles. The third kappa shape index (κ3) is 4.25. The Labute approximate surface area is 130 Å². The van der Waals surface area contributed by atoms with E-state index in [4.69, 9.17) is 4.74 Å². The summed E-state index contributed by atoms with van der Waals surface area (Å²) < 4.78 is 7.87. The van der Waals surface area contributed by atoms with Gasteiger partial charge in [0.2, 0.25) is 0 Å². The fourth-order valence-electron chi connectivity index (χ4n) is 1.68. The lowest BCUT2D eigenvalue weighted by Gasteiger charge is -2.11. The van der Waals surface area contributed by atoms with Crippen LogP contribution in [0.3, 0.4) is 0 Å². The Kier molecular flexibility index (Phi) is 5.28. The van der Waals surface area contributed by atoms with Crippen molar-refractivity contribution in [1.82, 2.24) is 0 Å². The first-order chi connectivity index (χ1) is 9.16. The first-order valence-electron chi connectivity index (χ1n) is 6.04. The topological polar surface area (TPSA) is 21.3 Å². The van der Waals surface area contributed by atoms with Crippen molar-refractivity contribution in [3.8, 4) is 5.75 Å². The van der Waals surface area contributed by atoms with Gasteiger partial charge in [0.05, 0.1) is 0 Å². The van der Waals surface area contributed by atoms with E-state index in [9.17, 15) is 0 Å². The van der Waals surface area contributed by atoms with E-state index < -0.39 is 0 Å². The molecule has 0 bridgehead atoms. The second-order valence-corrected chi connectivity index (χ2v) is 5.93. The molecule has 1 N–H and O–H groups in total. The van der Waals surface area contributed by atoms with Crippen LogP contribution in [0.5, 0.6) is 5.75 Å². The van der Waals surface area contributed by atoms with Gasteiger partial charge in [-0.15, -0.1) is 0 Å². The second-order valence-electron chi connectivity index (χ2n) is 4.16. The summed E-state index contributed by atoms with van der Waals surface area (Å²) in [6.45, 7) is 3.43. The van der Waals surface area contributed by atoms with E-state index in [-0.39, 0.29) is 0 Å². The first-order valence-corrected chi connectivity index (χ1v) is 7.63. The van der Waals surface area contributed by atoms with Crippen molar-refractivity contribution in [1.29, 1.82) is 0 Å². The summed E-state index contributed by atoms with van der Waals surface area (Å²) in [7, 11) is 0. The fourth-order valence-corrected chi connectivity index (χ4v) is 2.45. The lowest BCUT2D eigenvalue weighted by Crippen LogP contribution is -2.12. The zero-order valence-corrected chi connectivity index (χ0v) is 13.8. The molecule has 19 heavy (non-hydrogen) atoms. The summed E-state index contributed by atoms with van der Waals surface area (Å²) in [5.74, 6) is 0.920. The van der Waals surface area contributed by atoms with Crippen molar-refractivity contribution in [2.24, 2.45) is 0 Å². The van der Waals surface area contributed by atoms with Gasteiger partial charge in [0.15, 0.2) is 0 Å². The molecule has 0 aliphatic heterocycles. The van der Waals surface area contributed by atoms with E-state index in [2.05, 4.69) is 37.2 Å². The molecule has 2 rings (SSSR count). The average Bonchev–Trinajstić information content (AvgIpc) is 2.40. The van der Waals surface area contributed by atoms with Gasteiger partial charge in [-0.25, -0.2) is 0 Å². The Balaban J connectivity index is 1.84. The van der Waals surface area contributed by atoms with E-state index in [1.807, 2.05) is 49.4 Å². The molecule has 2 aromatic carbocycles. The Bertz CT molecular complexity index is 558. The molecule has 0 fully saturated rings. The molecule has 0 saturated heterocycles. The van der Waals surface area contributed by atoms with Crippen LogP contribution in [0.25, 0.3) is 0 Å². The maximum atomic E-state index is 5.77. The number of halogens is 2. The minimum Gasteiger partial charge on any atom is -0.491 e. The van der Waals surface area contributed by atoms with Crippen molar-refractivity contribution in [3.05, 3.63) is 57.0 Å². The van der Waals surface area contributed by atoms with Crippen LogP contribution in [0.4, 0.5) is 5.69 Å². The van der Waals surface area contributed by atoms with Gasteiger partial charge in [-0.2, -0.15) is 0 Å². The lowest BCUT2D eigenvalue weighted by molar-refractivity contribution is 0.330. The van der Waals surface area contributed by atoms with E-state index in [0.29, 0.717) is 6.61 Å². The van der Waals surface area contributed by atoms with Crippen LogP contribution in [0.15, 0.2) is 51.4 Å². The molecule has 0 amide bonds. The quantitative estimate of drug-likeness (QED) is 0.731. The van der Waals surface area contributed by atoms with Crippen LogP contribution in [0.2, 0.25) is 0 Å². The zero-order valence-electron chi connectivity index (χ0n) is 10.6. The van der Waals surface area contributed by atoms with Crippen molar-refractivity contribution in [3.63, 3.8) is 0 Å². The molecule has 0 spiro atoms. The molecular formula is C15H15Br2NO. The summed E-state index contributed by atoms with van der Waals surface area (Å²) in [6, 6.07) is 14.1. The molecule has 2 aromatic rings. The first kappa shape index (κ1) is 14.4. The van der Waals surface area contributed by atoms with Gasteiger partial charge in [0.1, 0.15) is 12.4 Å². The van der Waals surface area contributed by atoms with Crippen LogP contribution in [0, 0.1) is 6.92 Å². The molecule has 0 aliphatic carbocycles. The molecule has 0 heterocycles. The fraction of sp³-hybridized carbons (Fsp3) is 0.200. The van der Waals surface area contributed by atoms with Crippen LogP contribution >= 0.6 is 31.9 Å². The van der Waals surface area contributed by atoms with E-state index >= 15 is 0 Å². The minimum absolute atomic E-state index is 0.624. The number of aryl methyl sites for hydroxylation is 1. The van der Waals surface area contributed by atoms with E-state index in [0.717, 1.165) is 32.5 Å². The van der Waals surface area contributed by atoms with Crippen molar-refractivity contribution >= 4 is 37.5 Å². The second kappa shape index (κ2) is 6.96. The molecule has 100 valence electrons. The number of nitrogens with one attached hydrogen (secondary N) is 1. The molecule has 0 unspecified atom stereocenters. The number of hydrogen-bond donors (Lipinski definition) is 1. The molecule has 0 radical (unpaired) electrons. The zero-order chi connectivity index (χ0) is 13.7. The SMILES string of the molecule is Cc1ccc(Br)cc1OCCNc1ccccc1Br. The van der Waals surface area contributed by atoms with E-state index in [1.165, 1.54) is 0 Å². The average molecular weight is 385 g/mol. The largest absolute Gasteiger partial charge is 0.491 e. The third-order valence-corrected chi connectivity index (χ3v) is 3.88. The predicted octanol–water partition coefficient (Wildman–Crippen LogP) is 5.01. The molecule has 2 nitrogen and oxygen atoms in total. The van der Waals surface area contributed by atoms with Gasteiger partial charge >= 0.3 is 0 Å². The normalized spacial score (nSPS) is 10.3. The molecular weight excluding hydrogens is 370 g/mol. The Hall–Kier alpha value is -1.000. The van der Waals surface area contributed by atoms with Crippen LogP contribution in [0.1, 0.15) is 5.56 Å². The summed E-state index contributed by atoms with van der Waals surface area (Å²) in [5.41, 5.74) is 2.22. The Morgan fingerprint density at radius 1 is 1.11 bits per heavy atom. The molecule has 0 saturated carbocycles. The van der Waals surface area contributed by atoms with Crippen LogP contribution < -0.4 is 10.1 Å². The summed E-state index contributed by atoms with van der Waals surface area (Å²) >= 11 is 6.95. The number of ether oxygens (including phenoxy) is 1. The van der Waals surface area contributed by atoms with Gasteiger partial charge in [0, 0.05) is 21.2 Å². The summed E-state index contributed by atoms with van der Waals surface area (Å²) in [4.78, 5) is 0. The number of rotatable bonds is 5. The highest BCUT2D eigenvalue weighted by Crippen LogP contribution is 2.23. The number of benzene rings is 2. The number of para-hydroxylation sites is 1. The van der Waals surface area contributed by atoms with E-state index in [1.54, 1.807) is 0 Å². The van der Waals surface area contributed by atoms with Crippen molar-refractivity contribution < 1.29 is 4.74 Å². The molecule has 0 atom stereocenters. The van der Waals surface area contributed by atoms with Gasteiger partial charge < -0.3 is 10.1 Å². The van der Waals surface area contributed by atoms with Gasteiger partial charge in [-0.3, -0.25) is 0 Å². The highest BCUT2D eigenvalue weighted by atomic mass is 79.9. The summed E-state index contributed by atoms with van der Waals surface area (Å²) in [5, 5.41) is 3.33. The Morgan fingerprint density at radius 3 is 2.68 bits per heavy atom. The highest BCUT2D eigenvalue weighted by molar-refractivity contribution is 9.10. The third-order valence-electron chi connectivity index (χ3n) is 2.70. The maximum absolute atomic E-state index is 5.77. The van der Waals surface area contributed by atoms with Crippen molar-refractivity contribution in [2.45, 2.75) is 6.92 Å². The van der Waals surface area contributed by atoms with Crippen molar-refractivity contribution in [2.75, 3.05) is 18.5 Å². The smallest absolute Gasteiger partial charge is 0.123 e. The molecule has 0 aliphatic rings. The lowest BCUT2D eigenvalue weighted by atomic mass is 10.2. The number of hydrogen-bond acceptors (Lipinski definition) is 2. The van der Waals surface area contributed by atoms with Crippen LogP contribution in [-0.2, 0) is 0 Å². The highest BCUT2D eigenvalue weighted by Gasteiger charge is 2.01. The monoisotopic (exact) mass is 383 g/mol. The van der Waals surface area contributed by atoms with Gasteiger partial charge in [-0.1, -0.05) is 34.1 Å². The van der Waals surface area contributed by atoms with Gasteiger partial charge in [-0.05, 0) is 52.7 Å². The minimum atomic E-state index is 0.624.